The standard InChI is InChI=1S/C23H31F3N6O5S2/c1-5-15(6-2)32-16(7-3)9-8-14-12-17(18(13-19(14)32)31-39(34,35)23(24,25)26)27-29-22-30-28-20(38-22)21(33)37-11-10-36-4/h12-13,15-16,31H,5-11H2,1-4H3. The molecule has 0 fully saturated rings. The smallest absolute Gasteiger partial charge is 0.458 e. The fourth-order valence-electron chi connectivity index (χ4n) is 4.38. The summed E-state index contributed by atoms with van der Waals surface area (Å²) in [5.74, 6) is -0.745. The predicted octanol–water partition coefficient (Wildman–Crippen LogP) is 5.74. The molecule has 1 N–H and O–H groups in total. The van der Waals surface area contributed by atoms with Crippen LogP contribution in [-0.4, -0.2) is 62.5 Å². The van der Waals surface area contributed by atoms with Gasteiger partial charge >= 0.3 is 21.5 Å². The van der Waals surface area contributed by atoms with E-state index in [0.29, 0.717) is 12.1 Å². The zero-order valence-corrected chi connectivity index (χ0v) is 23.6. The second kappa shape index (κ2) is 13.0. The maximum atomic E-state index is 13.3. The average molecular weight is 593 g/mol. The number of benzene rings is 1. The number of halogens is 3. The largest absolute Gasteiger partial charge is 0.516 e. The van der Waals surface area contributed by atoms with Gasteiger partial charge < -0.3 is 14.4 Å². The van der Waals surface area contributed by atoms with Crippen molar-refractivity contribution in [1.29, 1.82) is 0 Å². The lowest BCUT2D eigenvalue weighted by Crippen LogP contribution is -2.45. The highest BCUT2D eigenvalue weighted by Crippen LogP contribution is 2.42. The summed E-state index contributed by atoms with van der Waals surface area (Å²) in [5, 5.41) is 15.2. The molecule has 0 bridgehead atoms. The van der Waals surface area contributed by atoms with Crippen LogP contribution < -0.4 is 9.62 Å². The minimum Gasteiger partial charge on any atom is -0.458 e. The van der Waals surface area contributed by atoms with Crippen LogP contribution in [0.4, 0.5) is 35.4 Å². The highest BCUT2D eigenvalue weighted by molar-refractivity contribution is 7.93. The molecule has 0 saturated carbocycles. The highest BCUT2D eigenvalue weighted by Gasteiger charge is 2.46. The Morgan fingerprint density at radius 3 is 2.54 bits per heavy atom. The van der Waals surface area contributed by atoms with Gasteiger partial charge in [-0.05, 0) is 49.8 Å². The van der Waals surface area contributed by atoms with Gasteiger partial charge in [-0.15, -0.1) is 20.4 Å². The normalized spacial score (nSPS) is 16.1. The molecule has 11 nitrogen and oxygen atoms in total. The molecule has 1 aromatic carbocycles. The molecule has 3 rings (SSSR count). The summed E-state index contributed by atoms with van der Waals surface area (Å²) in [6.45, 7) is 6.32. The molecule has 1 aromatic heterocycles. The first-order chi connectivity index (χ1) is 18.4. The van der Waals surface area contributed by atoms with Gasteiger partial charge in [0.1, 0.15) is 12.3 Å². The Balaban J connectivity index is 2.03. The van der Waals surface area contributed by atoms with Crippen LogP contribution in [0.1, 0.15) is 61.8 Å². The van der Waals surface area contributed by atoms with Crippen LogP contribution in [0.15, 0.2) is 22.4 Å². The number of hydrogen-bond acceptors (Lipinski definition) is 11. The third-order valence-corrected chi connectivity index (χ3v) is 8.21. The van der Waals surface area contributed by atoms with E-state index in [1.54, 1.807) is 4.72 Å². The molecule has 1 unspecified atom stereocenters. The summed E-state index contributed by atoms with van der Waals surface area (Å²) < 4.78 is 75.3. The molecule has 39 heavy (non-hydrogen) atoms. The Labute approximate surface area is 228 Å². The number of azo groups is 1. The monoisotopic (exact) mass is 592 g/mol. The van der Waals surface area contributed by atoms with E-state index in [0.717, 1.165) is 42.6 Å². The van der Waals surface area contributed by atoms with Crippen molar-refractivity contribution in [3.05, 3.63) is 22.7 Å². The van der Waals surface area contributed by atoms with Crippen LogP contribution in [-0.2, 0) is 25.9 Å². The van der Waals surface area contributed by atoms with E-state index in [2.05, 4.69) is 25.3 Å². The third kappa shape index (κ3) is 7.22. The molecular formula is C23H31F3N6O5S2. The first-order valence-electron chi connectivity index (χ1n) is 12.4. The van der Waals surface area contributed by atoms with Gasteiger partial charge in [0.05, 0.1) is 12.3 Å². The van der Waals surface area contributed by atoms with E-state index in [1.807, 2.05) is 20.8 Å². The van der Waals surface area contributed by atoms with Crippen LogP contribution in [0, 0.1) is 0 Å². The molecule has 2 heterocycles. The third-order valence-electron chi connectivity index (χ3n) is 6.32. The van der Waals surface area contributed by atoms with Crippen molar-refractivity contribution in [1.82, 2.24) is 10.2 Å². The Kier molecular flexibility index (Phi) is 10.2. The van der Waals surface area contributed by atoms with E-state index in [4.69, 9.17) is 9.47 Å². The highest BCUT2D eigenvalue weighted by atomic mass is 32.2. The number of esters is 1. The number of anilines is 2. The minimum atomic E-state index is -5.74. The number of nitrogens with zero attached hydrogens (tertiary/aromatic N) is 5. The predicted molar refractivity (Wildman–Crippen MR) is 141 cm³/mol. The first-order valence-corrected chi connectivity index (χ1v) is 14.7. The number of carbonyl (C=O) groups is 1. The number of carbonyl (C=O) groups excluding carboxylic acids is 1. The fraction of sp³-hybridized carbons (Fsp3) is 0.609. The van der Waals surface area contributed by atoms with Crippen molar-refractivity contribution in [3.8, 4) is 0 Å². The first kappa shape index (κ1) is 30.7. The topological polar surface area (TPSA) is 135 Å². The number of aromatic nitrogens is 2. The summed E-state index contributed by atoms with van der Waals surface area (Å²) in [6, 6.07) is 3.21. The van der Waals surface area contributed by atoms with Gasteiger partial charge in [-0.3, -0.25) is 4.72 Å². The number of rotatable bonds is 12. The second-order valence-corrected chi connectivity index (χ2v) is 11.4. The zero-order valence-electron chi connectivity index (χ0n) is 22.0. The van der Waals surface area contributed by atoms with Gasteiger partial charge in [0.2, 0.25) is 5.01 Å². The van der Waals surface area contributed by atoms with Crippen molar-refractivity contribution < 1.29 is 35.9 Å². The Morgan fingerprint density at radius 2 is 1.92 bits per heavy atom. The quantitative estimate of drug-likeness (QED) is 0.187. The molecule has 1 atom stereocenters. The number of sulfonamides is 1. The van der Waals surface area contributed by atoms with Gasteiger partial charge in [-0.2, -0.15) is 21.6 Å². The Morgan fingerprint density at radius 1 is 1.21 bits per heavy atom. The van der Waals surface area contributed by atoms with Gasteiger partial charge in [0.25, 0.3) is 5.13 Å². The number of hydrogen-bond donors (Lipinski definition) is 1. The lowest BCUT2D eigenvalue weighted by atomic mass is 9.90. The van der Waals surface area contributed by atoms with E-state index < -0.39 is 21.5 Å². The van der Waals surface area contributed by atoms with Gasteiger partial charge in [-0.25, -0.2) is 4.79 Å². The average Bonchev–Trinajstić information content (AvgIpc) is 3.37. The van der Waals surface area contributed by atoms with Gasteiger partial charge in [-0.1, -0.05) is 32.1 Å². The second-order valence-electron chi connectivity index (χ2n) is 8.75. The fourth-order valence-corrected chi connectivity index (χ4v) is 5.51. The summed E-state index contributed by atoms with van der Waals surface area (Å²) in [7, 11) is -4.28. The van der Waals surface area contributed by atoms with Crippen molar-refractivity contribution in [2.75, 3.05) is 29.9 Å². The number of alkyl halides is 3. The van der Waals surface area contributed by atoms with E-state index in [9.17, 15) is 26.4 Å². The lowest BCUT2D eigenvalue weighted by Gasteiger charge is -2.44. The summed E-state index contributed by atoms with van der Waals surface area (Å²) in [5.41, 5.74) is -4.55. The van der Waals surface area contributed by atoms with Crippen molar-refractivity contribution >= 4 is 49.5 Å². The van der Waals surface area contributed by atoms with E-state index >= 15 is 0 Å². The number of methoxy groups -OCH3 is 1. The Hall–Kier alpha value is -2.85. The van der Waals surface area contributed by atoms with Gasteiger partial charge in [0.15, 0.2) is 0 Å². The van der Waals surface area contributed by atoms with Crippen LogP contribution in [0.2, 0.25) is 0 Å². The van der Waals surface area contributed by atoms with Crippen molar-refractivity contribution in [3.63, 3.8) is 0 Å². The molecule has 1 aliphatic rings. The van der Waals surface area contributed by atoms with E-state index in [-0.39, 0.29) is 46.8 Å². The number of ether oxygens (including phenoxy) is 2. The molecule has 0 radical (unpaired) electrons. The van der Waals surface area contributed by atoms with Crippen LogP contribution in [0.3, 0.4) is 0 Å². The maximum absolute atomic E-state index is 13.3. The van der Waals surface area contributed by atoms with Crippen molar-refractivity contribution in [2.45, 2.75) is 70.5 Å². The molecule has 1 aliphatic heterocycles. The SMILES string of the molecule is CCC(CC)N1c2cc(NS(=O)(=O)C(F)(F)F)c(N=Nc3nnc(C(=O)OCCOC)s3)cc2CCC1CC. The summed E-state index contributed by atoms with van der Waals surface area (Å²) in [6.07, 6.45) is 3.91. The molecule has 216 valence electrons. The summed E-state index contributed by atoms with van der Waals surface area (Å²) >= 11 is 0.759. The molecule has 0 spiro atoms. The summed E-state index contributed by atoms with van der Waals surface area (Å²) in [4.78, 5) is 14.2. The number of fused-ring (bicyclic) bond motifs is 1. The molecule has 0 amide bonds. The molecule has 16 heteroatoms. The Bertz CT molecular complexity index is 1280. The van der Waals surface area contributed by atoms with Crippen molar-refractivity contribution in [2.24, 2.45) is 10.2 Å². The maximum Gasteiger partial charge on any atom is 0.516 e. The zero-order chi connectivity index (χ0) is 28.8. The minimum absolute atomic E-state index is 0.0103. The number of nitrogens with one attached hydrogen (secondary N) is 1. The number of aryl methyl sites for hydroxylation is 1. The lowest BCUT2D eigenvalue weighted by molar-refractivity contribution is -0.0429. The molecule has 0 saturated heterocycles. The van der Waals surface area contributed by atoms with Gasteiger partial charge in [0, 0.05) is 24.9 Å². The van der Waals surface area contributed by atoms with Crippen LogP contribution >= 0.6 is 11.3 Å². The molecular weight excluding hydrogens is 561 g/mol. The van der Waals surface area contributed by atoms with Crippen LogP contribution in [0.5, 0.6) is 0 Å². The van der Waals surface area contributed by atoms with E-state index in [1.165, 1.54) is 19.2 Å². The molecule has 2 aromatic rings. The molecule has 0 aliphatic carbocycles. The van der Waals surface area contributed by atoms with Crippen LogP contribution in [0.25, 0.3) is 0 Å².